The Kier molecular flexibility index (Phi) is 4.74. The van der Waals surface area contributed by atoms with Crippen molar-refractivity contribution in [2.45, 2.75) is 53.5 Å². The second kappa shape index (κ2) is 6.05. The Balaban J connectivity index is 2.14. The Labute approximate surface area is 133 Å². The van der Waals surface area contributed by atoms with E-state index in [-0.39, 0.29) is 11.0 Å². The van der Waals surface area contributed by atoms with Crippen LogP contribution in [0.2, 0.25) is 0 Å². The molecule has 1 heterocycles. The number of fused-ring (bicyclic) bond motifs is 1. The summed E-state index contributed by atoms with van der Waals surface area (Å²) in [4.78, 5) is 4.80. The predicted molar refractivity (Wildman–Crippen MR) is 94.0 cm³/mol. The minimum atomic E-state index is 0.164. The number of thiazole rings is 1. The molecule has 1 aromatic carbocycles. The zero-order chi connectivity index (χ0) is 15.7. The summed E-state index contributed by atoms with van der Waals surface area (Å²) in [7, 11) is 0. The minimum absolute atomic E-state index is 0.164. The maximum Gasteiger partial charge on any atom is 0.0942 e. The van der Waals surface area contributed by atoms with Gasteiger partial charge in [0, 0.05) is 12.0 Å². The van der Waals surface area contributed by atoms with Gasteiger partial charge in [-0.05, 0) is 50.8 Å². The van der Waals surface area contributed by atoms with E-state index < -0.39 is 0 Å². The second-order valence-corrected chi connectivity index (χ2v) is 9.09. The molecule has 0 fully saturated rings. The zero-order valence-electron chi connectivity index (χ0n) is 14.2. The number of hydrogen-bond acceptors (Lipinski definition) is 3. The third-order valence-corrected chi connectivity index (χ3v) is 4.92. The van der Waals surface area contributed by atoms with E-state index in [0.29, 0.717) is 5.92 Å². The normalized spacial score (nSPS) is 14.6. The van der Waals surface area contributed by atoms with E-state index >= 15 is 0 Å². The average Bonchev–Trinajstić information content (AvgIpc) is 2.74. The van der Waals surface area contributed by atoms with Crippen molar-refractivity contribution in [3.05, 3.63) is 29.3 Å². The Morgan fingerprint density at radius 2 is 1.76 bits per heavy atom. The van der Waals surface area contributed by atoms with Crippen molar-refractivity contribution >= 4 is 21.6 Å². The van der Waals surface area contributed by atoms with E-state index in [1.807, 2.05) is 11.3 Å². The highest BCUT2D eigenvalue weighted by atomic mass is 32.1. The van der Waals surface area contributed by atoms with Crippen molar-refractivity contribution in [2.75, 3.05) is 6.54 Å². The summed E-state index contributed by atoms with van der Waals surface area (Å²) >= 11 is 1.84. The van der Waals surface area contributed by atoms with Gasteiger partial charge in [0.15, 0.2) is 0 Å². The van der Waals surface area contributed by atoms with Crippen LogP contribution in [-0.4, -0.2) is 17.1 Å². The molecule has 116 valence electrons. The van der Waals surface area contributed by atoms with Crippen molar-refractivity contribution in [3.63, 3.8) is 0 Å². The molecule has 1 N–H and O–H groups in total. The first-order valence-electron chi connectivity index (χ1n) is 7.75. The molecule has 0 aliphatic heterocycles. The molecular weight excluding hydrogens is 276 g/mol. The minimum Gasteiger partial charge on any atom is -0.312 e. The zero-order valence-corrected chi connectivity index (χ0v) is 15.0. The van der Waals surface area contributed by atoms with Gasteiger partial charge in [-0.15, -0.1) is 11.3 Å². The van der Waals surface area contributed by atoms with Crippen molar-refractivity contribution in [2.24, 2.45) is 11.3 Å². The highest BCUT2D eigenvalue weighted by Gasteiger charge is 2.27. The van der Waals surface area contributed by atoms with Crippen LogP contribution in [-0.2, 0) is 6.42 Å². The van der Waals surface area contributed by atoms with Gasteiger partial charge in [-0.1, -0.05) is 32.9 Å². The fraction of sp³-hybridized carbons (Fsp3) is 0.611. The van der Waals surface area contributed by atoms with Crippen LogP contribution in [0.1, 0.15) is 46.6 Å². The van der Waals surface area contributed by atoms with Gasteiger partial charge in [0.1, 0.15) is 0 Å². The Morgan fingerprint density at radius 1 is 1.10 bits per heavy atom. The first kappa shape index (κ1) is 16.4. The van der Waals surface area contributed by atoms with Gasteiger partial charge in [-0.25, -0.2) is 4.98 Å². The van der Waals surface area contributed by atoms with Crippen LogP contribution in [0.25, 0.3) is 10.2 Å². The molecule has 2 aromatic rings. The van der Waals surface area contributed by atoms with Gasteiger partial charge in [-0.3, -0.25) is 0 Å². The van der Waals surface area contributed by atoms with E-state index in [9.17, 15) is 0 Å². The number of benzene rings is 1. The molecule has 0 aliphatic rings. The van der Waals surface area contributed by atoms with Gasteiger partial charge in [0.25, 0.3) is 0 Å². The molecule has 21 heavy (non-hydrogen) atoms. The third kappa shape index (κ3) is 4.79. The number of nitrogens with zero attached hydrogens (tertiary/aromatic N) is 1. The molecule has 0 amide bonds. The summed E-state index contributed by atoms with van der Waals surface area (Å²) in [6.45, 7) is 14.7. The fourth-order valence-corrected chi connectivity index (χ4v) is 3.38. The molecule has 0 radical (unpaired) electrons. The monoisotopic (exact) mass is 304 g/mol. The molecule has 3 heteroatoms. The number of para-hydroxylation sites is 1. The van der Waals surface area contributed by atoms with Crippen LogP contribution in [0.3, 0.4) is 0 Å². The summed E-state index contributed by atoms with van der Waals surface area (Å²) in [5.74, 6) is 0.581. The standard InChI is InChI=1S/C18H28N2S/c1-17(2,3)13(12-19-18(4,5)6)11-16-20-14-9-7-8-10-15(14)21-16/h7-10,13,19H,11-12H2,1-6H3. The summed E-state index contributed by atoms with van der Waals surface area (Å²) in [6.07, 6.45) is 1.05. The van der Waals surface area contributed by atoms with Crippen molar-refractivity contribution in [1.82, 2.24) is 10.3 Å². The van der Waals surface area contributed by atoms with Gasteiger partial charge < -0.3 is 5.32 Å². The van der Waals surface area contributed by atoms with E-state index in [4.69, 9.17) is 4.98 Å². The number of aromatic nitrogens is 1. The lowest BCUT2D eigenvalue weighted by Gasteiger charge is -2.33. The smallest absolute Gasteiger partial charge is 0.0942 e. The molecule has 0 aliphatic carbocycles. The Morgan fingerprint density at radius 3 is 2.33 bits per heavy atom. The first-order chi connectivity index (χ1) is 9.65. The molecule has 0 saturated heterocycles. The van der Waals surface area contributed by atoms with E-state index in [1.165, 1.54) is 9.71 Å². The van der Waals surface area contributed by atoms with Crippen LogP contribution in [0, 0.1) is 11.3 Å². The van der Waals surface area contributed by atoms with Crippen LogP contribution in [0.15, 0.2) is 24.3 Å². The second-order valence-electron chi connectivity index (χ2n) is 7.97. The molecule has 2 nitrogen and oxygen atoms in total. The van der Waals surface area contributed by atoms with Gasteiger partial charge >= 0.3 is 0 Å². The number of rotatable bonds is 4. The van der Waals surface area contributed by atoms with E-state index in [2.05, 4.69) is 71.1 Å². The lowest BCUT2D eigenvalue weighted by atomic mass is 9.78. The first-order valence-corrected chi connectivity index (χ1v) is 8.56. The molecular formula is C18H28N2S. The van der Waals surface area contributed by atoms with Crippen LogP contribution in [0.5, 0.6) is 0 Å². The van der Waals surface area contributed by atoms with Crippen molar-refractivity contribution < 1.29 is 0 Å². The highest BCUT2D eigenvalue weighted by Crippen LogP contribution is 2.31. The van der Waals surface area contributed by atoms with Crippen LogP contribution in [0.4, 0.5) is 0 Å². The lowest BCUT2D eigenvalue weighted by molar-refractivity contribution is 0.214. The van der Waals surface area contributed by atoms with Crippen molar-refractivity contribution in [3.8, 4) is 0 Å². The molecule has 1 atom stereocenters. The van der Waals surface area contributed by atoms with Gasteiger partial charge in [0.2, 0.25) is 0 Å². The largest absolute Gasteiger partial charge is 0.312 e. The Hall–Kier alpha value is -0.930. The molecule has 0 bridgehead atoms. The molecule has 1 aromatic heterocycles. The van der Waals surface area contributed by atoms with Gasteiger partial charge in [0.05, 0.1) is 15.2 Å². The van der Waals surface area contributed by atoms with Crippen LogP contribution < -0.4 is 5.32 Å². The van der Waals surface area contributed by atoms with E-state index in [1.54, 1.807) is 0 Å². The summed E-state index contributed by atoms with van der Waals surface area (Å²) in [6, 6.07) is 8.42. The van der Waals surface area contributed by atoms with Crippen LogP contribution >= 0.6 is 11.3 Å². The maximum absolute atomic E-state index is 4.80. The summed E-state index contributed by atoms with van der Waals surface area (Å²) < 4.78 is 1.30. The fourth-order valence-electron chi connectivity index (χ4n) is 2.33. The predicted octanol–water partition coefficient (Wildman–Crippen LogP) is 4.89. The summed E-state index contributed by atoms with van der Waals surface area (Å²) in [5.41, 5.74) is 1.57. The Bertz CT molecular complexity index is 554. The topological polar surface area (TPSA) is 24.9 Å². The molecule has 0 saturated carbocycles. The maximum atomic E-state index is 4.80. The molecule has 1 unspecified atom stereocenters. The quantitative estimate of drug-likeness (QED) is 0.870. The molecule has 2 rings (SSSR count). The number of hydrogen-bond donors (Lipinski definition) is 1. The van der Waals surface area contributed by atoms with E-state index in [0.717, 1.165) is 18.5 Å². The number of nitrogens with one attached hydrogen (secondary N) is 1. The SMILES string of the molecule is CC(C)(C)NCC(Cc1nc2ccccc2s1)C(C)(C)C. The highest BCUT2D eigenvalue weighted by molar-refractivity contribution is 7.18. The third-order valence-electron chi connectivity index (χ3n) is 3.86. The van der Waals surface area contributed by atoms with Gasteiger partial charge in [-0.2, -0.15) is 0 Å². The average molecular weight is 305 g/mol. The summed E-state index contributed by atoms with van der Waals surface area (Å²) in [5, 5.41) is 4.92. The molecule has 0 spiro atoms. The van der Waals surface area contributed by atoms with Crippen molar-refractivity contribution in [1.29, 1.82) is 0 Å². The lowest BCUT2D eigenvalue weighted by Crippen LogP contribution is -2.42.